The largest absolute Gasteiger partial charge is 0.462 e. The summed E-state index contributed by atoms with van der Waals surface area (Å²) in [6.07, 6.45) is 2.24. The molecule has 1 saturated carbocycles. The van der Waals surface area contributed by atoms with E-state index >= 15 is 0 Å². The van der Waals surface area contributed by atoms with E-state index in [0.717, 1.165) is 24.2 Å². The molecule has 2 rings (SSSR count). The average molecular weight is 239 g/mol. The number of carbonyl (C=O) groups excluding carboxylic acids is 3. The summed E-state index contributed by atoms with van der Waals surface area (Å²) in [4.78, 5) is 36.4. The molecule has 0 aromatic carbocycles. The summed E-state index contributed by atoms with van der Waals surface area (Å²) in [7, 11) is 0. The summed E-state index contributed by atoms with van der Waals surface area (Å²) in [6, 6.07) is 0. The van der Waals surface area contributed by atoms with Crippen molar-refractivity contribution < 1.29 is 19.1 Å². The highest BCUT2D eigenvalue weighted by Gasteiger charge is 2.50. The Morgan fingerprint density at radius 1 is 1.29 bits per heavy atom. The first kappa shape index (κ1) is 12.1. The van der Waals surface area contributed by atoms with Gasteiger partial charge < -0.3 is 4.74 Å². The number of esters is 1. The molecule has 0 N–H and O–H groups in total. The van der Waals surface area contributed by atoms with Gasteiger partial charge in [0.25, 0.3) is 0 Å². The fourth-order valence-corrected chi connectivity index (χ4v) is 2.65. The number of likely N-dealkylation sites (tertiary alicyclic amines) is 1. The number of amides is 2. The summed E-state index contributed by atoms with van der Waals surface area (Å²) in [5, 5.41) is 0. The minimum absolute atomic E-state index is 0.186. The molecule has 2 fully saturated rings. The number of nitrogens with zero attached hydrogens (tertiary/aromatic N) is 1. The second-order valence-electron chi connectivity index (χ2n) is 4.95. The molecule has 0 aromatic heterocycles. The zero-order chi connectivity index (χ0) is 12.6. The fourth-order valence-electron chi connectivity index (χ4n) is 2.65. The van der Waals surface area contributed by atoms with E-state index in [0.29, 0.717) is 0 Å². The molecular weight excluding hydrogens is 222 g/mol. The van der Waals surface area contributed by atoms with Crippen LogP contribution in [0, 0.1) is 11.8 Å². The number of imide groups is 1. The SMILES string of the molecule is CC(C)OC(=O)CN1C(=O)C2CCCC2C1=O. The zero-order valence-corrected chi connectivity index (χ0v) is 10.1. The quantitative estimate of drug-likeness (QED) is 0.538. The van der Waals surface area contributed by atoms with E-state index in [1.165, 1.54) is 0 Å². The molecule has 2 aliphatic rings. The number of hydrogen-bond donors (Lipinski definition) is 0. The number of ether oxygens (including phenoxy) is 1. The molecule has 0 bridgehead atoms. The predicted octanol–water partition coefficient (Wildman–Crippen LogP) is 0.723. The molecule has 5 heteroatoms. The summed E-state index contributed by atoms with van der Waals surface area (Å²) < 4.78 is 4.95. The summed E-state index contributed by atoms with van der Waals surface area (Å²) in [5.41, 5.74) is 0. The Hall–Kier alpha value is -1.39. The van der Waals surface area contributed by atoms with Crippen molar-refractivity contribution in [3.8, 4) is 0 Å². The van der Waals surface area contributed by atoms with Crippen molar-refractivity contribution in [3.63, 3.8) is 0 Å². The molecule has 1 aliphatic heterocycles. The molecule has 2 amide bonds. The van der Waals surface area contributed by atoms with E-state index < -0.39 is 5.97 Å². The van der Waals surface area contributed by atoms with Crippen LogP contribution in [0.1, 0.15) is 33.1 Å². The van der Waals surface area contributed by atoms with Crippen molar-refractivity contribution in [2.75, 3.05) is 6.54 Å². The van der Waals surface area contributed by atoms with Gasteiger partial charge in [0.2, 0.25) is 11.8 Å². The van der Waals surface area contributed by atoms with Crippen LogP contribution in [0.3, 0.4) is 0 Å². The smallest absolute Gasteiger partial charge is 0.326 e. The standard InChI is InChI=1S/C12H17NO4/c1-7(2)17-10(14)6-13-11(15)8-4-3-5-9(8)12(13)16/h7-9H,3-6H2,1-2H3. The highest BCUT2D eigenvalue weighted by atomic mass is 16.5. The Labute approximate surface area is 100 Å². The van der Waals surface area contributed by atoms with Gasteiger partial charge in [0.1, 0.15) is 6.54 Å². The minimum Gasteiger partial charge on any atom is -0.462 e. The third-order valence-corrected chi connectivity index (χ3v) is 3.34. The molecule has 0 aromatic rings. The second-order valence-corrected chi connectivity index (χ2v) is 4.95. The van der Waals surface area contributed by atoms with Gasteiger partial charge in [0, 0.05) is 0 Å². The Morgan fingerprint density at radius 2 is 1.82 bits per heavy atom. The van der Waals surface area contributed by atoms with Gasteiger partial charge >= 0.3 is 5.97 Å². The highest BCUT2D eigenvalue weighted by Crippen LogP contribution is 2.39. The highest BCUT2D eigenvalue weighted by molar-refractivity contribution is 6.07. The maximum atomic E-state index is 11.9. The van der Waals surface area contributed by atoms with Crippen molar-refractivity contribution in [1.29, 1.82) is 0 Å². The Kier molecular flexibility index (Phi) is 3.17. The van der Waals surface area contributed by atoms with E-state index in [1.54, 1.807) is 13.8 Å². The Bertz CT molecular complexity index is 342. The lowest BCUT2D eigenvalue weighted by Crippen LogP contribution is -2.37. The van der Waals surface area contributed by atoms with Crippen LogP contribution < -0.4 is 0 Å². The first-order chi connectivity index (χ1) is 8.00. The van der Waals surface area contributed by atoms with Crippen LogP contribution in [0.2, 0.25) is 0 Å². The van der Waals surface area contributed by atoms with Gasteiger partial charge in [-0.05, 0) is 26.7 Å². The van der Waals surface area contributed by atoms with Crippen LogP contribution in [0.4, 0.5) is 0 Å². The average Bonchev–Trinajstić information content (AvgIpc) is 2.77. The molecule has 0 spiro atoms. The predicted molar refractivity (Wildman–Crippen MR) is 58.8 cm³/mol. The van der Waals surface area contributed by atoms with Gasteiger partial charge in [-0.3, -0.25) is 19.3 Å². The van der Waals surface area contributed by atoms with E-state index in [9.17, 15) is 14.4 Å². The van der Waals surface area contributed by atoms with Gasteiger partial charge in [0.05, 0.1) is 17.9 Å². The molecule has 2 unspecified atom stereocenters. The van der Waals surface area contributed by atoms with Crippen LogP contribution in [0.25, 0.3) is 0 Å². The molecule has 94 valence electrons. The van der Waals surface area contributed by atoms with Crippen molar-refractivity contribution in [2.45, 2.75) is 39.2 Å². The normalized spacial score (nSPS) is 27.8. The molecule has 5 nitrogen and oxygen atoms in total. The number of fused-ring (bicyclic) bond motifs is 1. The van der Waals surface area contributed by atoms with Gasteiger partial charge in [0.15, 0.2) is 0 Å². The number of carbonyl (C=O) groups is 3. The van der Waals surface area contributed by atoms with Crippen LogP contribution in [0.15, 0.2) is 0 Å². The molecule has 1 aliphatic carbocycles. The van der Waals surface area contributed by atoms with Crippen molar-refractivity contribution >= 4 is 17.8 Å². The molecule has 1 heterocycles. The lowest BCUT2D eigenvalue weighted by molar-refractivity contribution is -0.155. The summed E-state index contributed by atoms with van der Waals surface area (Å²) in [5.74, 6) is -1.28. The van der Waals surface area contributed by atoms with Gasteiger partial charge in [-0.25, -0.2) is 0 Å². The van der Waals surface area contributed by atoms with Crippen LogP contribution in [-0.2, 0) is 19.1 Å². The lowest BCUT2D eigenvalue weighted by atomic mass is 10.00. The van der Waals surface area contributed by atoms with E-state index in [1.807, 2.05) is 0 Å². The Morgan fingerprint density at radius 3 is 2.29 bits per heavy atom. The monoisotopic (exact) mass is 239 g/mol. The van der Waals surface area contributed by atoms with Gasteiger partial charge in [-0.2, -0.15) is 0 Å². The zero-order valence-electron chi connectivity index (χ0n) is 10.1. The maximum Gasteiger partial charge on any atom is 0.326 e. The van der Waals surface area contributed by atoms with Crippen molar-refractivity contribution in [3.05, 3.63) is 0 Å². The Balaban J connectivity index is 2.00. The van der Waals surface area contributed by atoms with Crippen molar-refractivity contribution in [2.24, 2.45) is 11.8 Å². The first-order valence-electron chi connectivity index (χ1n) is 6.05. The summed E-state index contributed by atoms with van der Waals surface area (Å²) >= 11 is 0. The summed E-state index contributed by atoms with van der Waals surface area (Å²) in [6.45, 7) is 3.24. The second kappa shape index (κ2) is 4.47. The molecule has 17 heavy (non-hydrogen) atoms. The topological polar surface area (TPSA) is 63.7 Å². The van der Waals surface area contributed by atoms with Crippen molar-refractivity contribution in [1.82, 2.24) is 4.90 Å². The first-order valence-corrected chi connectivity index (χ1v) is 6.05. The molecule has 1 saturated heterocycles. The number of rotatable bonds is 3. The number of hydrogen-bond acceptors (Lipinski definition) is 4. The van der Waals surface area contributed by atoms with Gasteiger partial charge in [-0.15, -0.1) is 0 Å². The molecule has 0 radical (unpaired) electrons. The van der Waals surface area contributed by atoms with Crippen LogP contribution in [0.5, 0.6) is 0 Å². The van der Waals surface area contributed by atoms with Gasteiger partial charge in [-0.1, -0.05) is 6.42 Å². The third kappa shape index (κ3) is 2.18. The molecular formula is C12H17NO4. The van der Waals surface area contributed by atoms with Crippen LogP contribution >= 0.6 is 0 Å². The van der Waals surface area contributed by atoms with E-state index in [4.69, 9.17) is 4.74 Å². The lowest BCUT2D eigenvalue weighted by Gasteiger charge is -2.16. The molecule has 2 atom stereocenters. The van der Waals surface area contributed by atoms with E-state index in [2.05, 4.69) is 0 Å². The minimum atomic E-state index is -0.512. The maximum absolute atomic E-state index is 11.9. The fraction of sp³-hybridized carbons (Fsp3) is 0.750. The van der Waals surface area contributed by atoms with Crippen LogP contribution in [-0.4, -0.2) is 35.3 Å². The van der Waals surface area contributed by atoms with E-state index in [-0.39, 0.29) is 36.3 Å². The third-order valence-electron chi connectivity index (χ3n) is 3.34.